The third kappa shape index (κ3) is 56.7. The number of carboxylic acid groups (broad SMARTS) is 1. The molecule has 0 aromatic rings. The molecule has 0 saturated heterocycles. The van der Waals surface area contributed by atoms with E-state index in [1.807, 2.05) is 0 Å². The number of aliphatic carboxylic acids is 1. The fourth-order valence-electron chi connectivity index (χ4n) is 2.65. The van der Waals surface area contributed by atoms with E-state index in [0.29, 0.717) is 6.42 Å². The van der Waals surface area contributed by atoms with Gasteiger partial charge in [-0.05, 0) is 6.42 Å². The van der Waals surface area contributed by atoms with Gasteiger partial charge in [-0.25, -0.2) is 4.57 Å². The van der Waals surface area contributed by atoms with Crippen LogP contribution in [0.25, 0.3) is 0 Å². The van der Waals surface area contributed by atoms with Gasteiger partial charge in [0.2, 0.25) is 0 Å². The molecule has 0 aliphatic carbocycles. The Morgan fingerprint density at radius 1 is 0.643 bits per heavy atom. The molecule has 4 N–H and O–H groups in total. The average molecular weight is 454 g/mol. The van der Waals surface area contributed by atoms with Gasteiger partial charge in [-0.3, -0.25) is 4.79 Å². The second-order valence-corrected chi connectivity index (χ2v) is 7.63. The monoisotopic (exact) mass is 454 g/mol. The summed E-state index contributed by atoms with van der Waals surface area (Å²) in [7, 11) is -4.64. The van der Waals surface area contributed by atoms with Crippen molar-refractivity contribution in [2.75, 3.05) is 0 Å². The molecule has 0 rings (SSSR count). The van der Waals surface area contributed by atoms with E-state index in [0.717, 1.165) is 12.8 Å². The summed E-state index contributed by atoms with van der Waals surface area (Å²) in [5, 5.41) is 8.52. The summed E-state index contributed by atoms with van der Waals surface area (Å²) in [5.41, 5.74) is 0. The van der Waals surface area contributed by atoms with Crippen LogP contribution in [0.1, 0.15) is 114 Å². The van der Waals surface area contributed by atoms with Crippen LogP contribution in [0.2, 0.25) is 0 Å². The van der Waals surface area contributed by atoms with Gasteiger partial charge in [-0.15, -0.1) is 0 Å². The number of carboxylic acids is 1. The first-order chi connectivity index (χ1) is 11.8. The first kappa shape index (κ1) is 40.9. The molecule has 0 saturated carbocycles. The number of phosphoric acid groups is 1. The fraction of sp³-hybridized carbons (Fsp3) is 0.944. The zero-order valence-corrected chi connectivity index (χ0v) is 25.8. The molecule has 0 atom stereocenters. The molecule has 0 bridgehead atoms. The van der Waals surface area contributed by atoms with E-state index in [4.69, 9.17) is 24.4 Å². The standard InChI is InChI=1S/C18H36O2.3Na.H3O4P.3H/c1-2-3-4-5-6-7-8-9-10-11-12-13-14-15-16-17-18(19)20;;;;1-5(2,3)4;;;/h2-17H2,1H3,(H,19,20);;;;(H3,1,2,3,4);;;/q;3*+1;;3*-1. The first-order valence-electron chi connectivity index (χ1n) is 9.77. The van der Waals surface area contributed by atoms with Crippen molar-refractivity contribution in [3.8, 4) is 0 Å². The zero-order valence-electron chi connectivity index (χ0n) is 21.9. The van der Waals surface area contributed by atoms with E-state index in [1.54, 1.807) is 0 Å². The van der Waals surface area contributed by atoms with Crippen LogP contribution in [-0.4, -0.2) is 25.8 Å². The van der Waals surface area contributed by atoms with Gasteiger partial charge in [-0.1, -0.05) is 96.8 Å². The summed E-state index contributed by atoms with van der Waals surface area (Å²) < 4.78 is 8.88. The Labute approximate surface area is 243 Å². The topological polar surface area (TPSA) is 115 Å². The summed E-state index contributed by atoms with van der Waals surface area (Å²) in [6, 6.07) is 0. The summed E-state index contributed by atoms with van der Waals surface area (Å²) in [5.74, 6) is -0.653. The van der Waals surface area contributed by atoms with Crippen molar-refractivity contribution >= 4 is 13.8 Å². The zero-order chi connectivity index (χ0) is 19.4. The van der Waals surface area contributed by atoms with E-state index in [-0.39, 0.29) is 93.0 Å². The molecule has 6 nitrogen and oxygen atoms in total. The van der Waals surface area contributed by atoms with Crippen LogP contribution in [-0.2, 0) is 9.36 Å². The minimum atomic E-state index is -4.64. The van der Waals surface area contributed by atoms with Gasteiger partial charge in [0.05, 0.1) is 0 Å². The van der Waals surface area contributed by atoms with Crippen LogP contribution in [0.15, 0.2) is 0 Å². The van der Waals surface area contributed by atoms with Crippen molar-refractivity contribution in [3.63, 3.8) is 0 Å². The minimum absolute atomic E-state index is 0. The minimum Gasteiger partial charge on any atom is -1.00 e. The van der Waals surface area contributed by atoms with E-state index < -0.39 is 13.8 Å². The van der Waals surface area contributed by atoms with Gasteiger partial charge in [0.15, 0.2) is 0 Å². The Morgan fingerprint density at radius 2 is 0.857 bits per heavy atom. The molecule has 0 fully saturated rings. The van der Waals surface area contributed by atoms with Crippen molar-refractivity contribution in [3.05, 3.63) is 0 Å². The molecule has 0 aliphatic heterocycles. The maximum absolute atomic E-state index is 10.3. The van der Waals surface area contributed by atoms with Crippen molar-refractivity contribution in [2.45, 2.75) is 110 Å². The van der Waals surface area contributed by atoms with Crippen LogP contribution < -0.4 is 88.7 Å². The van der Waals surface area contributed by atoms with Gasteiger partial charge >= 0.3 is 102 Å². The van der Waals surface area contributed by atoms with E-state index in [1.165, 1.54) is 83.5 Å². The molecular weight excluding hydrogens is 412 g/mol. The molecule has 0 spiro atoms. The summed E-state index contributed by atoms with van der Waals surface area (Å²) in [6.07, 6.45) is 20.2. The second kappa shape index (κ2) is 31.8. The molecule has 0 unspecified atom stereocenters. The molecular formula is C18H42Na3O6P. The van der Waals surface area contributed by atoms with E-state index in [2.05, 4.69) is 6.92 Å². The van der Waals surface area contributed by atoms with Crippen molar-refractivity contribution < 1.29 is 122 Å². The number of hydrogen-bond acceptors (Lipinski definition) is 2. The van der Waals surface area contributed by atoms with Crippen LogP contribution in [0.5, 0.6) is 0 Å². The van der Waals surface area contributed by atoms with Crippen LogP contribution in [0.4, 0.5) is 0 Å². The molecule has 0 amide bonds. The number of unbranched alkanes of at least 4 members (excludes halogenated alkanes) is 14. The average Bonchev–Trinajstić information content (AvgIpc) is 2.49. The smallest absolute Gasteiger partial charge is 1.00 e. The van der Waals surface area contributed by atoms with E-state index >= 15 is 0 Å². The number of hydrogen-bond donors (Lipinski definition) is 4. The predicted molar refractivity (Wildman–Crippen MR) is 105 cm³/mol. The van der Waals surface area contributed by atoms with Crippen LogP contribution >= 0.6 is 7.82 Å². The Hall–Kier alpha value is 2.58. The third-order valence-electron chi connectivity index (χ3n) is 3.99. The van der Waals surface area contributed by atoms with Crippen molar-refractivity contribution in [2.24, 2.45) is 0 Å². The Kier molecular flexibility index (Phi) is 46.4. The Balaban J connectivity index is -0.0000000721. The maximum Gasteiger partial charge on any atom is 1.00 e. The quantitative estimate of drug-likeness (QED) is 0.111. The van der Waals surface area contributed by atoms with Crippen molar-refractivity contribution in [1.82, 2.24) is 0 Å². The van der Waals surface area contributed by atoms with Crippen LogP contribution in [0.3, 0.4) is 0 Å². The molecule has 158 valence electrons. The summed E-state index contributed by atoms with van der Waals surface area (Å²) >= 11 is 0. The maximum atomic E-state index is 10.3. The molecule has 28 heavy (non-hydrogen) atoms. The largest absolute Gasteiger partial charge is 1.00 e. The molecule has 10 heteroatoms. The van der Waals surface area contributed by atoms with Crippen LogP contribution in [0, 0.1) is 0 Å². The normalized spacial score (nSPS) is 9.86. The van der Waals surface area contributed by atoms with Gasteiger partial charge in [-0.2, -0.15) is 0 Å². The predicted octanol–water partition coefficient (Wildman–Crippen LogP) is -3.25. The summed E-state index contributed by atoms with van der Waals surface area (Å²) in [6.45, 7) is 2.27. The number of rotatable bonds is 16. The first-order valence-corrected chi connectivity index (χ1v) is 11.3. The molecule has 0 radical (unpaired) electrons. The molecule has 0 heterocycles. The van der Waals surface area contributed by atoms with E-state index in [9.17, 15) is 4.79 Å². The van der Waals surface area contributed by atoms with Gasteiger partial charge in [0.1, 0.15) is 0 Å². The molecule has 0 aliphatic rings. The molecule has 0 aromatic heterocycles. The Morgan fingerprint density at radius 3 is 1.07 bits per heavy atom. The van der Waals surface area contributed by atoms with Crippen molar-refractivity contribution in [1.29, 1.82) is 0 Å². The van der Waals surface area contributed by atoms with Gasteiger partial charge < -0.3 is 24.1 Å². The molecule has 0 aromatic carbocycles. The second-order valence-electron chi connectivity index (χ2n) is 6.61. The Bertz CT molecular complexity index is 349. The summed E-state index contributed by atoms with van der Waals surface area (Å²) in [4.78, 5) is 31.9. The number of carbonyl (C=O) groups is 1. The van der Waals surface area contributed by atoms with Gasteiger partial charge in [0.25, 0.3) is 0 Å². The SMILES string of the molecule is CCCCCCCCCCCCCCCCCC(=O)O.O=P(O)(O)O.[H-].[H-].[H-].[Na+].[Na+].[Na+]. The van der Waals surface area contributed by atoms with Gasteiger partial charge in [0, 0.05) is 6.42 Å². The fourth-order valence-corrected chi connectivity index (χ4v) is 2.65. The third-order valence-corrected chi connectivity index (χ3v) is 3.99.